The van der Waals surface area contributed by atoms with E-state index in [-0.39, 0.29) is 6.54 Å². The third kappa shape index (κ3) is 3.19. The van der Waals surface area contributed by atoms with Gasteiger partial charge in [0, 0.05) is 25.0 Å². The summed E-state index contributed by atoms with van der Waals surface area (Å²) in [5.41, 5.74) is -1.80. The molecular formula is C19H16F4N6O. The van der Waals surface area contributed by atoms with Crippen molar-refractivity contribution >= 4 is 5.91 Å². The maximum atomic E-state index is 14.5. The smallest absolute Gasteiger partial charge is 0.324 e. The summed E-state index contributed by atoms with van der Waals surface area (Å²) in [6.45, 7) is 3.67. The lowest BCUT2D eigenvalue weighted by atomic mass is 10.1. The highest BCUT2D eigenvalue weighted by Crippen LogP contribution is 2.34. The molecule has 1 aliphatic rings. The Hall–Kier alpha value is -3.37. The lowest BCUT2D eigenvalue weighted by Gasteiger charge is -2.39. The minimum atomic E-state index is -5.00. The van der Waals surface area contributed by atoms with Gasteiger partial charge in [-0.3, -0.25) is 9.78 Å². The van der Waals surface area contributed by atoms with E-state index in [2.05, 4.69) is 20.2 Å². The summed E-state index contributed by atoms with van der Waals surface area (Å²) in [6.07, 6.45) is -2.61. The van der Waals surface area contributed by atoms with Crippen molar-refractivity contribution in [3.63, 3.8) is 0 Å². The van der Waals surface area contributed by atoms with E-state index < -0.39 is 41.2 Å². The molecule has 1 amide bonds. The monoisotopic (exact) mass is 420 g/mol. The first kappa shape index (κ1) is 19.9. The second-order valence-electron chi connectivity index (χ2n) is 6.96. The zero-order chi connectivity index (χ0) is 21.6. The van der Waals surface area contributed by atoms with Crippen LogP contribution in [0.3, 0.4) is 0 Å². The summed E-state index contributed by atoms with van der Waals surface area (Å²) < 4.78 is 55.3. The van der Waals surface area contributed by atoms with Crippen LogP contribution >= 0.6 is 0 Å². The highest BCUT2D eigenvalue weighted by Gasteiger charge is 2.41. The van der Waals surface area contributed by atoms with Crippen molar-refractivity contribution in [1.82, 2.24) is 29.6 Å². The summed E-state index contributed by atoms with van der Waals surface area (Å²) in [6, 6.07) is 5.19. The van der Waals surface area contributed by atoms with E-state index in [1.165, 1.54) is 4.90 Å². The third-order valence-corrected chi connectivity index (χ3v) is 5.01. The van der Waals surface area contributed by atoms with Crippen molar-refractivity contribution in [1.29, 1.82) is 0 Å². The summed E-state index contributed by atoms with van der Waals surface area (Å²) in [5, 5.41) is 8.31. The molecule has 0 aliphatic carbocycles. The molecular weight excluding hydrogens is 404 g/mol. The van der Waals surface area contributed by atoms with Crippen LogP contribution < -0.4 is 0 Å². The largest absolute Gasteiger partial charge is 0.436 e. The summed E-state index contributed by atoms with van der Waals surface area (Å²) >= 11 is 0. The Morgan fingerprint density at radius 1 is 1.10 bits per heavy atom. The number of hydrogen-bond donors (Lipinski definition) is 0. The minimum absolute atomic E-state index is 0.281. The molecule has 0 saturated heterocycles. The van der Waals surface area contributed by atoms with E-state index in [1.54, 1.807) is 38.2 Å². The molecule has 2 atom stereocenters. The van der Waals surface area contributed by atoms with Crippen molar-refractivity contribution < 1.29 is 22.4 Å². The zero-order valence-corrected chi connectivity index (χ0v) is 15.9. The predicted octanol–water partition coefficient (Wildman–Crippen LogP) is 3.50. The maximum absolute atomic E-state index is 14.5. The van der Waals surface area contributed by atoms with Gasteiger partial charge in [-0.15, -0.1) is 10.2 Å². The zero-order valence-electron chi connectivity index (χ0n) is 15.9. The van der Waals surface area contributed by atoms with Crippen LogP contribution in [0, 0.1) is 5.82 Å². The van der Waals surface area contributed by atoms with Gasteiger partial charge in [-0.1, -0.05) is 6.07 Å². The van der Waals surface area contributed by atoms with Gasteiger partial charge >= 0.3 is 6.18 Å². The van der Waals surface area contributed by atoms with Crippen molar-refractivity contribution in [2.45, 2.75) is 38.7 Å². The Labute approximate surface area is 168 Å². The van der Waals surface area contributed by atoms with E-state index >= 15 is 0 Å². The van der Waals surface area contributed by atoms with Gasteiger partial charge in [-0.2, -0.15) is 13.2 Å². The fraction of sp³-hybridized carbons (Fsp3) is 0.316. The van der Waals surface area contributed by atoms with Gasteiger partial charge in [0.2, 0.25) is 0 Å². The number of aromatic nitrogens is 5. The number of halogens is 4. The first-order valence-corrected chi connectivity index (χ1v) is 9.09. The van der Waals surface area contributed by atoms with Crippen LogP contribution in [0.1, 0.15) is 41.8 Å². The number of carbonyl (C=O) groups is 1. The Morgan fingerprint density at radius 3 is 2.53 bits per heavy atom. The molecule has 156 valence electrons. The van der Waals surface area contributed by atoms with Crippen molar-refractivity contribution in [2.24, 2.45) is 0 Å². The Kier molecular flexibility index (Phi) is 4.75. The second kappa shape index (κ2) is 7.15. The normalized spacial score (nSPS) is 18.9. The molecule has 7 nitrogen and oxygen atoms in total. The molecule has 0 radical (unpaired) electrons. The Bertz CT molecular complexity index is 1100. The average Bonchev–Trinajstić information content (AvgIpc) is 3.11. The molecule has 0 N–H and O–H groups in total. The number of fused-ring (bicyclic) bond motifs is 1. The molecule has 4 heterocycles. The molecule has 30 heavy (non-hydrogen) atoms. The molecule has 0 aromatic carbocycles. The molecule has 0 fully saturated rings. The molecule has 0 saturated carbocycles. The first-order chi connectivity index (χ1) is 14.2. The highest BCUT2D eigenvalue weighted by molar-refractivity contribution is 5.95. The summed E-state index contributed by atoms with van der Waals surface area (Å²) in [4.78, 5) is 21.6. The van der Waals surface area contributed by atoms with Crippen LogP contribution in [-0.4, -0.2) is 41.6 Å². The maximum Gasteiger partial charge on any atom is 0.436 e. The molecule has 2 unspecified atom stereocenters. The topological polar surface area (TPSA) is 76.8 Å². The number of rotatable bonds is 2. The minimum Gasteiger partial charge on any atom is -0.324 e. The van der Waals surface area contributed by atoms with E-state index in [0.29, 0.717) is 17.3 Å². The molecule has 1 aliphatic heterocycles. The van der Waals surface area contributed by atoms with Crippen LogP contribution in [0.4, 0.5) is 17.6 Å². The number of amides is 1. The molecule has 11 heteroatoms. The number of carbonyl (C=O) groups excluding carboxylic acids is 1. The van der Waals surface area contributed by atoms with Crippen LogP contribution in [0.15, 0.2) is 36.7 Å². The SMILES string of the molecule is CC1Cn2c(-c3ccccn3)nnc2C(C)N1C(=O)c1ccnc(C(F)(F)F)c1F. The van der Waals surface area contributed by atoms with Gasteiger partial charge in [0.15, 0.2) is 23.2 Å². The van der Waals surface area contributed by atoms with Crippen LogP contribution in [0.25, 0.3) is 11.5 Å². The lowest BCUT2D eigenvalue weighted by molar-refractivity contribution is -0.143. The van der Waals surface area contributed by atoms with Crippen molar-refractivity contribution in [3.05, 3.63) is 59.6 Å². The number of alkyl halides is 3. The fourth-order valence-electron chi connectivity index (χ4n) is 3.67. The summed E-state index contributed by atoms with van der Waals surface area (Å²) in [5.74, 6) is -1.59. The Balaban J connectivity index is 1.72. The number of pyridine rings is 2. The van der Waals surface area contributed by atoms with E-state index in [0.717, 1.165) is 12.3 Å². The number of nitrogens with zero attached hydrogens (tertiary/aromatic N) is 6. The number of hydrogen-bond acceptors (Lipinski definition) is 5. The van der Waals surface area contributed by atoms with Crippen molar-refractivity contribution in [3.8, 4) is 11.5 Å². The van der Waals surface area contributed by atoms with Gasteiger partial charge in [0.25, 0.3) is 5.91 Å². The first-order valence-electron chi connectivity index (χ1n) is 9.09. The lowest BCUT2D eigenvalue weighted by Crippen LogP contribution is -2.47. The van der Waals surface area contributed by atoms with Gasteiger partial charge in [0.05, 0.1) is 11.6 Å². The van der Waals surface area contributed by atoms with Gasteiger partial charge < -0.3 is 9.47 Å². The molecule has 3 aromatic heterocycles. The highest BCUT2D eigenvalue weighted by atomic mass is 19.4. The molecule has 4 rings (SSSR count). The quantitative estimate of drug-likeness (QED) is 0.593. The van der Waals surface area contributed by atoms with Crippen LogP contribution in [0.5, 0.6) is 0 Å². The van der Waals surface area contributed by atoms with Crippen LogP contribution in [0.2, 0.25) is 0 Å². The van der Waals surface area contributed by atoms with E-state index in [1.807, 2.05) is 4.57 Å². The second-order valence-corrected chi connectivity index (χ2v) is 6.96. The predicted molar refractivity (Wildman–Crippen MR) is 96.5 cm³/mol. The van der Waals surface area contributed by atoms with Gasteiger partial charge in [-0.25, -0.2) is 9.37 Å². The van der Waals surface area contributed by atoms with Gasteiger partial charge in [0.1, 0.15) is 5.69 Å². The van der Waals surface area contributed by atoms with Crippen molar-refractivity contribution in [2.75, 3.05) is 0 Å². The Morgan fingerprint density at radius 2 is 1.87 bits per heavy atom. The van der Waals surface area contributed by atoms with E-state index in [9.17, 15) is 22.4 Å². The van der Waals surface area contributed by atoms with Crippen LogP contribution in [-0.2, 0) is 12.7 Å². The molecule has 0 spiro atoms. The summed E-state index contributed by atoms with van der Waals surface area (Å²) in [7, 11) is 0. The average molecular weight is 420 g/mol. The fourth-order valence-corrected chi connectivity index (χ4v) is 3.67. The third-order valence-electron chi connectivity index (χ3n) is 5.01. The molecule has 3 aromatic rings. The molecule has 0 bridgehead atoms. The standard InChI is InChI=1S/C19H16F4N6O/c1-10-9-28-16(26-27-17(28)13-5-3-4-7-24-13)11(2)29(10)18(30)12-6-8-25-15(14(12)20)19(21,22)23/h3-8,10-11H,9H2,1-2H3. The van der Waals surface area contributed by atoms with Gasteiger partial charge in [-0.05, 0) is 32.0 Å². The van der Waals surface area contributed by atoms with E-state index in [4.69, 9.17) is 0 Å².